The van der Waals surface area contributed by atoms with Crippen LogP contribution < -0.4 is 0 Å². The fraction of sp³-hybridized carbons (Fsp3) is 0.824. The lowest BCUT2D eigenvalue weighted by Crippen LogP contribution is -2.00. The zero-order valence-electron chi connectivity index (χ0n) is 13.1. The van der Waals surface area contributed by atoms with Crippen molar-refractivity contribution in [1.82, 2.24) is 0 Å². The molecule has 0 fully saturated rings. The standard InChI is InChI=1S/C17H32O2/c1-4-5-6-7-8-9-10-11-12-13-15(2)16(3)14-17(18)19/h14-15H,4-13H2,1-3H3,(H,18,19). The van der Waals surface area contributed by atoms with Crippen LogP contribution in [0.4, 0.5) is 0 Å². The molecule has 1 atom stereocenters. The number of carboxylic acid groups (broad SMARTS) is 1. The summed E-state index contributed by atoms with van der Waals surface area (Å²) in [5, 5.41) is 8.69. The van der Waals surface area contributed by atoms with Crippen molar-refractivity contribution in [2.45, 2.75) is 85.0 Å². The first-order valence-corrected chi connectivity index (χ1v) is 7.99. The summed E-state index contributed by atoms with van der Waals surface area (Å²) in [6.07, 6.45) is 14.5. The third kappa shape index (κ3) is 12.0. The normalized spacial score (nSPS) is 13.5. The number of allylic oxidation sites excluding steroid dienone is 1. The zero-order chi connectivity index (χ0) is 14.5. The Morgan fingerprint density at radius 3 is 1.95 bits per heavy atom. The maximum absolute atomic E-state index is 10.6. The lowest BCUT2D eigenvalue weighted by molar-refractivity contribution is -0.131. The Morgan fingerprint density at radius 1 is 1.00 bits per heavy atom. The Balaban J connectivity index is 3.41. The van der Waals surface area contributed by atoms with Gasteiger partial charge in [-0.2, -0.15) is 0 Å². The third-order valence-electron chi connectivity index (χ3n) is 3.87. The quantitative estimate of drug-likeness (QED) is 0.371. The summed E-state index contributed by atoms with van der Waals surface area (Å²) in [5.74, 6) is -0.419. The van der Waals surface area contributed by atoms with E-state index in [0.29, 0.717) is 5.92 Å². The molecule has 0 aromatic heterocycles. The van der Waals surface area contributed by atoms with Crippen LogP contribution in [0.3, 0.4) is 0 Å². The fourth-order valence-corrected chi connectivity index (χ4v) is 2.33. The van der Waals surface area contributed by atoms with Crippen LogP contribution >= 0.6 is 0 Å². The predicted octanol–water partition coefficient (Wildman–Crippen LogP) is 5.57. The smallest absolute Gasteiger partial charge is 0.328 e. The van der Waals surface area contributed by atoms with E-state index in [1.165, 1.54) is 63.9 Å². The van der Waals surface area contributed by atoms with Crippen LogP contribution in [0.5, 0.6) is 0 Å². The van der Waals surface area contributed by atoms with E-state index in [2.05, 4.69) is 13.8 Å². The number of hydrogen-bond acceptors (Lipinski definition) is 1. The Bertz CT molecular complexity index is 256. The maximum atomic E-state index is 10.6. The van der Waals surface area contributed by atoms with Crippen molar-refractivity contribution in [1.29, 1.82) is 0 Å². The Hall–Kier alpha value is -0.790. The lowest BCUT2D eigenvalue weighted by Gasteiger charge is -2.11. The summed E-state index contributed by atoms with van der Waals surface area (Å²) in [6.45, 7) is 6.30. The molecule has 0 aliphatic rings. The molecule has 0 aliphatic carbocycles. The van der Waals surface area contributed by atoms with E-state index in [1.54, 1.807) is 0 Å². The van der Waals surface area contributed by atoms with Gasteiger partial charge in [0.2, 0.25) is 0 Å². The summed E-state index contributed by atoms with van der Waals surface area (Å²) in [7, 11) is 0. The van der Waals surface area contributed by atoms with Gasteiger partial charge in [0.05, 0.1) is 0 Å². The molecule has 0 saturated heterocycles. The van der Waals surface area contributed by atoms with Gasteiger partial charge in [-0.3, -0.25) is 0 Å². The van der Waals surface area contributed by atoms with Crippen LogP contribution in [-0.4, -0.2) is 11.1 Å². The number of aliphatic carboxylic acids is 1. The van der Waals surface area contributed by atoms with Crippen LogP contribution in [0.15, 0.2) is 11.6 Å². The van der Waals surface area contributed by atoms with Crippen LogP contribution in [-0.2, 0) is 4.79 Å². The molecule has 2 heteroatoms. The molecule has 0 aromatic carbocycles. The van der Waals surface area contributed by atoms with E-state index >= 15 is 0 Å². The van der Waals surface area contributed by atoms with E-state index in [9.17, 15) is 4.79 Å². The van der Waals surface area contributed by atoms with Gasteiger partial charge < -0.3 is 5.11 Å². The summed E-state index contributed by atoms with van der Waals surface area (Å²) in [6, 6.07) is 0. The monoisotopic (exact) mass is 268 g/mol. The minimum atomic E-state index is -0.823. The van der Waals surface area contributed by atoms with Crippen molar-refractivity contribution in [3.05, 3.63) is 11.6 Å². The van der Waals surface area contributed by atoms with Crippen LogP contribution in [0, 0.1) is 5.92 Å². The second-order valence-electron chi connectivity index (χ2n) is 5.74. The van der Waals surface area contributed by atoms with Crippen molar-refractivity contribution >= 4 is 5.97 Å². The number of carboxylic acids is 1. The molecule has 0 aliphatic heterocycles. The van der Waals surface area contributed by atoms with Crippen LogP contribution in [0.25, 0.3) is 0 Å². The van der Waals surface area contributed by atoms with Crippen LogP contribution in [0.2, 0.25) is 0 Å². The minimum Gasteiger partial charge on any atom is -0.478 e. The molecule has 0 bridgehead atoms. The molecule has 0 amide bonds. The number of carbonyl (C=O) groups is 1. The summed E-state index contributed by atoms with van der Waals surface area (Å²) < 4.78 is 0. The van der Waals surface area contributed by atoms with Crippen molar-refractivity contribution in [2.75, 3.05) is 0 Å². The molecule has 0 radical (unpaired) electrons. The van der Waals surface area contributed by atoms with Crippen molar-refractivity contribution in [3.63, 3.8) is 0 Å². The average molecular weight is 268 g/mol. The molecular weight excluding hydrogens is 236 g/mol. The van der Waals surface area contributed by atoms with Crippen LogP contribution in [0.1, 0.15) is 85.0 Å². The molecule has 19 heavy (non-hydrogen) atoms. The third-order valence-corrected chi connectivity index (χ3v) is 3.87. The largest absolute Gasteiger partial charge is 0.478 e. The Labute approximate surface area is 119 Å². The van der Waals surface area contributed by atoms with Crippen molar-refractivity contribution in [3.8, 4) is 0 Å². The molecule has 0 heterocycles. The first-order valence-electron chi connectivity index (χ1n) is 7.99. The van der Waals surface area contributed by atoms with Crippen molar-refractivity contribution < 1.29 is 9.90 Å². The number of rotatable bonds is 12. The van der Waals surface area contributed by atoms with Gasteiger partial charge in [-0.1, -0.05) is 77.2 Å². The minimum absolute atomic E-state index is 0.403. The SMILES string of the molecule is CCCCCCCCCCCC(C)C(C)=CC(=O)O. The van der Waals surface area contributed by atoms with Crippen molar-refractivity contribution in [2.24, 2.45) is 5.92 Å². The first-order chi connectivity index (χ1) is 9.07. The topological polar surface area (TPSA) is 37.3 Å². The fourth-order valence-electron chi connectivity index (χ4n) is 2.33. The molecule has 0 aromatic rings. The summed E-state index contributed by atoms with van der Waals surface area (Å²) in [4.78, 5) is 10.6. The van der Waals surface area contributed by atoms with Gasteiger partial charge in [-0.05, 0) is 19.3 Å². The van der Waals surface area contributed by atoms with Gasteiger partial charge in [0.25, 0.3) is 0 Å². The Kier molecular flexibility index (Phi) is 11.7. The van der Waals surface area contributed by atoms with E-state index in [0.717, 1.165) is 12.0 Å². The highest BCUT2D eigenvalue weighted by atomic mass is 16.4. The lowest BCUT2D eigenvalue weighted by atomic mass is 9.95. The molecule has 112 valence electrons. The van der Waals surface area contributed by atoms with Gasteiger partial charge in [0, 0.05) is 6.08 Å². The molecular formula is C17H32O2. The second kappa shape index (κ2) is 12.3. The molecule has 1 unspecified atom stereocenters. The van der Waals surface area contributed by atoms with Gasteiger partial charge in [0.1, 0.15) is 0 Å². The molecule has 0 spiro atoms. The molecule has 0 rings (SSSR count). The zero-order valence-corrected chi connectivity index (χ0v) is 13.1. The molecule has 2 nitrogen and oxygen atoms in total. The average Bonchev–Trinajstić information content (AvgIpc) is 2.35. The van der Waals surface area contributed by atoms with E-state index < -0.39 is 5.97 Å². The van der Waals surface area contributed by atoms with E-state index in [-0.39, 0.29) is 0 Å². The van der Waals surface area contributed by atoms with Gasteiger partial charge in [0.15, 0.2) is 0 Å². The maximum Gasteiger partial charge on any atom is 0.328 e. The van der Waals surface area contributed by atoms with Gasteiger partial charge >= 0.3 is 5.97 Å². The second-order valence-corrected chi connectivity index (χ2v) is 5.74. The number of hydrogen-bond donors (Lipinski definition) is 1. The highest BCUT2D eigenvalue weighted by molar-refractivity contribution is 5.80. The molecule has 1 N–H and O–H groups in total. The summed E-state index contributed by atoms with van der Waals surface area (Å²) >= 11 is 0. The van der Waals surface area contributed by atoms with E-state index in [4.69, 9.17) is 5.11 Å². The Morgan fingerprint density at radius 2 is 1.47 bits per heavy atom. The van der Waals surface area contributed by atoms with E-state index in [1.807, 2.05) is 6.92 Å². The first kappa shape index (κ1) is 18.2. The number of unbranched alkanes of at least 4 members (excludes halogenated alkanes) is 8. The highest BCUT2D eigenvalue weighted by Gasteiger charge is 2.05. The highest BCUT2D eigenvalue weighted by Crippen LogP contribution is 2.18. The summed E-state index contributed by atoms with van der Waals surface area (Å²) in [5.41, 5.74) is 0.993. The molecule has 0 saturated carbocycles. The van der Waals surface area contributed by atoms with Gasteiger partial charge in [-0.15, -0.1) is 0 Å². The van der Waals surface area contributed by atoms with Gasteiger partial charge in [-0.25, -0.2) is 4.79 Å². The predicted molar refractivity (Wildman–Crippen MR) is 82.4 cm³/mol.